The van der Waals surface area contributed by atoms with Crippen LogP contribution in [0.1, 0.15) is 12.0 Å². The van der Waals surface area contributed by atoms with E-state index in [0.29, 0.717) is 39.2 Å². The quantitative estimate of drug-likeness (QED) is 0.673. The Kier molecular flexibility index (Phi) is 6.51. The first-order valence-electron chi connectivity index (χ1n) is 9.34. The van der Waals surface area contributed by atoms with Crippen molar-refractivity contribution in [2.24, 2.45) is 0 Å². The molecule has 29 heavy (non-hydrogen) atoms. The zero-order valence-electron chi connectivity index (χ0n) is 16.1. The predicted molar refractivity (Wildman–Crippen MR) is 98.6 cm³/mol. The Balaban J connectivity index is 1.61. The minimum Gasteiger partial charge on any atom is -0.383 e. The van der Waals surface area contributed by atoms with Gasteiger partial charge >= 0.3 is 6.18 Å². The van der Waals surface area contributed by atoms with Gasteiger partial charge in [0.2, 0.25) is 15.9 Å². The first kappa shape index (κ1) is 22.0. The largest absolute Gasteiger partial charge is 0.416 e. The number of ether oxygens (including phenoxy) is 1. The van der Waals surface area contributed by atoms with Crippen LogP contribution in [0.25, 0.3) is 0 Å². The van der Waals surface area contributed by atoms with Crippen LogP contribution >= 0.6 is 0 Å². The number of carbonyl (C=O) groups excluding carboxylic acids is 1. The average Bonchev–Trinajstić information content (AvgIpc) is 3.06. The fraction of sp³-hybridized carbons (Fsp3) is 0.611. The molecule has 0 aliphatic carbocycles. The number of amides is 1. The molecule has 1 amide bonds. The number of nitrogens with zero attached hydrogens (tertiary/aromatic N) is 3. The zero-order chi connectivity index (χ0) is 21.2. The van der Waals surface area contributed by atoms with E-state index < -0.39 is 21.8 Å². The summed E-state index contributed by atoms with van der Waals surface area (Å²) < 4.78 is 69.8. The van der Waals surface area contributed by atoms with Gasteiger partial charge in [-0.25, -0.2) is 8.42 Å². The maximum Gasteiger partial charge on any atom is 0.416 e. The van der Waals surface area contributed by atoms with E-state index in [1.54, 1.807) is 12.0 Å². The third-order valence-electron chi connectivity index (χ3n) is 5.37. The number of methoxy groups -OCH3 is 1. The molecule has 1 unspecified atom stereocenters. The summed E-state index contributed by atoms with van der Waals surface area (Å²) in [6.45, 7) is 2.82. The molecule has 0 radical (unpaired) electrons. The molecule has 1 aromatic carbocycles. The molecule has 2 aliphatic rings. The molecular weight excluding hydrogens is 411 g/mol. The van der Waals surface area contributed by atoms with Crippen molar-refractivity contribution in [2.75, 3.05) is 53.0 Å². The number of hydrogen-bond acceptors (Lipinski definition) is 5. The topological polar surface area (TPSA) is 70.2 Å². The Morgan fingerprint density at radius 2 is 1.69 bits per heavy atom. The summed E-state index contributed by atoms with van der Waals surface area (Å²) in [4.78, 5) is 16.1. The summed E-state index contributed by atoms with van der Waals surface area (Å²) in [6.07, 6.45) is -3.83. The molecule has 0 aromatic heterocycles. The van der Waals surface area contributed by atoms with Crippen LogP contribution in [0.15, 0.2) is 29.2 Å². The van der Waals surface area contributed by atoms with Crippen LogP contribution in [-0.2, 0) is 25.7 Å². The first-order valence-corrected chi connectivity index (χ1v) is 10.8. The van der Waals surface area contributed by atoms with Gasteiger partial charge in [0.1, 0.15) is 0 Å². The number of sulfonamides is 1. The molecule has 0 bridgehead atoms. The fourth-order valence-electron chi connectivity index (χ4n) is 3.71. The lowest BCUT2D eigenvalue weighted by Gasteiger charge is -2.36. The van der Waals surface area contributed by atoms with Crippen LogP contribution in [0, 0.1) is 0 Å². The van der Waals surface area contributed by atoms with Crippen LogP contribution in [0.4, 0.5) is 13.2 Å². The molecular formula is C18H24F3N3O4S. The van der Waals surface area contributed by atoms with Crippen molar-refractivity contribution in [2.45, 2.75) is 23.5 Å². The molecule has 2 saturated heterocycles. The number of likely N-dealkylation sites (tertiary alicyclic amines) is 1. The van der Waals surface area contributed by atoms with Crippen LogP contribution in [0.5, 0.6) is 0 Å². The number of benzene rings is 1. The maximum atomic E-state index is 12.7. The highest BCUT2D eigenvalue weighted by Gasteiger charge is 2.39. The van der Waals surface area contributed by atoms with Gasteiger partial charge in [-0.05, 0) is 30.7 Å². The lowest BCUT2D eigenvalue weighted by atomic mass is 10.2. The number of piperazine rings is 1. The highest BCUT2D eigenvalue weighted by molar-refractivity contribution is 7.89. The van der Waals surface area contributed by atoms with Gasteiger partial charge in [-0.15, -0.1) is 0 Å². The SMILES string of the molecule is COCCN1CCC(N2CCN(S(=O)(=O)c3ccc(C(F)(F)F)cc3)CC2)C1=O. The molecule has 11 heteroatoms. The standard InChI is InChI=1S/C18H24F3N3O4S/c1-28-13-12-23-7-6-16(17(23)25)22-8-10-24(11-9-22)29(26,27)15-4-2-14(3-5-15)18(19,20)21/h2-5,16H,6-13H2,1H3. The molecule has 0 saturated carbocycles. The summed E-state index contributed by atoms with van der Waals surface area (Å²) >= 11 is 0. The van der Waals surface area contributed by atoms with Crippen LogP contribution in [-0.4, -0.2) is 87.5 Å². The molecule has 0 N–H and O–H groups in total. The smallest absolute Gasteiger partial charge is 0.383 e. The zero-order valence-corrected chi connectivity index (χ0v) is 16.9. The van der Waals surface area contributed by atoms with Gasteiger partial charge in [0.05, 0.1) is 23.1 Å². The van der Waals surface area contributed by atoms with E-state index in [0.717, 1.165) is 24.3 Å². The van der Waals surface area contributed by atoms with Crippen LogP contribution in [0.2, 0.25) is 0 Å². The number of alkyl halides is 3. The molecule has 1 atom stereocenters. The van der Waals surface area contributed by atoms with E-state index in [9.17, 15) is 26.4 Å². The van der Waals surface area contributed by atoms with E-state index in [1.807, 2.05) is 4.90 Å². The van der Waals surface area contributed by atoms with Gasteiger partial charge < -0.3 is 9.64 Å². The second kappa shape index (κ2) is 8.58. The maximum absolute atomic E-state index is 12.7. The monoisotopic (exact) mass is 435 g/mol. The van der Waals surface area contributed by atoms with Gasteiger partial charge in [0, 0.05) is 46.4 Å². The van der Waals surface area contributed by atoms with E-state index in [1.165, 1.54) is 4.31 Å². The second-order valence-corrected chi connectivity index (χ2v) is 9.02. The van der Waals surface area contributed by atoms with Gasteiger partial charge in [0.25, 0.3) is 0 Å². The summed E-state index contributed by atoms with van der Waals surface area (Å²) in [5.41, 5.74) is -0.890. The fourth-order valence-corrected chi connectivity index (χ4v) is 5.13. The Bertz CT molecular complexity index is 822. The van der Waals surface area contributed by atoms with Crippen molar-refractivity contribution in [3.8, 4) is 0 Å². The van der Waals surface area contributed by atoms with E-state index >= 15 is 0 Å². The molecule has 2 heterocycles. The van der Waals surface area contributed by atoms with Gasteiger partial charge in [-0.1, -0.05) is 0 Å². The molecule has 162 valence electrons. The third kappa shape index (κ3) is 4.73. The van der Waals surface area contributed by atoms with Crippen molar-refractivity contribution in [1.29, 1.82) is 0 Å². The minimum atomic E-state index is -4.52. The average molecular weight is 435 g/mol. The third-order valence-corrected chi connectivity index (χ3v) is 7.28. The Morgan fingerprint density at radius 1 is 1.07 bits per heavy atom. The van der Waals surface area contributed by atoms with Gasteiger partial charge in [-0.2, -0.15) is 17.5 Å². The lowest BCUT2D eigenvalue weighted by Crippen LogP contribution is -2.53. The van der Waals surface area contributed by atoms with Gasteiger partial charge in [-0.3, -0.25) is 9.69 Å². The van der Waals surface area contributed by atoms with E-state index in [2.05, 4.69) is 0 Å². The highest BCUT2D eigenvalue weighted by Crippen LogP contribution is 2.30. The highest BCUT2D eigenvalue weighted by atomic mass is 32.2. The Morgan fingerprint density at radius 3 is 2.24 bits per heavy atom. The van der Waals surface area contributed by atoms with Crippen molar-refractivity contribution < 1.29 is 31.1 Å². The van der Waals surface area contributed by atoms with Gasteiger partial charge in [0.15, 0.2) is 0 Å². The normalized spacial score (nSPS) is 22.4. The predicted octanol–water partition coefficient (Wildman–Crippen LogP) is 1.26. The minimum absolute atomic E-state index is 0.0288. The van der Waals surface area contributed by atoms with Crippen molar-refractivity contribution in [1.82, 2.24) is 14.1 Å². The molecule has 2 aliphatic heterocycles. The number of rotatable bonds is 6. The molecule has 0 spiro atoms. The summed E-state index contributed by atoms with van der Waals surface area (Å²) in [7, 11) is -2.30. The number of hydrogen-bond donors (Lipinski definition) is 0. The molecule has 1 aromatic rings. The van der Waals surface area contributed by atoms with Crippen LogP contribution < -0.4 is 0 Å². The van der Waals surface area contributed by atoms with E-state index in [4.69, 9.17) is 4.74 Å². The summed E-state index contributed by atoms with van der Waals surface area (Å²) in [5, 5.41) is 0. The van der Waals surface area contributed by atoms with Crippen molar-refractivity contribution >= 4 is 15.9 Å². The molecule has 3 rings (SSSR count). The Labute approximate surface area is 168 Å². The lowest BCUT2D eigenvalue weighted by molar-refractivity contribution is -0.137. The molecule has 2 fully saturated rings. The van der Waals surface area contributed by atoms with E-state index in [-0.39, 0.29) is 29.9 Å². The second-order valence-electron chi connectivity index (χ2n) is 7.08. The first-order chi connectivity index (χ1) is 13.6. The van der Waals surface area contributed by atoms with Crippen LogP contribution in [0.3, 0.4) is 0 Å². The van der Waals surface area contributed by atoms with Crippen molar-refractivity contribution in [3.05, 3.63) is 29.8 Å². The Hall–Kier alpha value is -1.69. The number of carbonyl (C=O) groups is 1. The van der Waals surface area contributed by atoms with Crippen molar-refractivity contribution in [3.63, 3.8) is 0 Å². The summed E-state index contributed by atoms with van der Waals surface area (Å²) in [6, 6.07) is 3.25. The number of halogens is 3. The molecule has 7 nitrogen and oxygen atoms in total. The summed E-state index contributed by atoms with van der Waals surface area (Å²) in [5.74, 6) is 0.0288.